The predicted octanol–water partition coefficient (Wildman–Crippen LogP) is 0.0259. The number of carbonyl (C=O) groups is 1. The molecule has 0 aliphatic carbocycles. The van der Waals surface area contributed by atoms with Gasteiger partial charge in [0.15, 0.2) is 0 Å². The Morgan fingerprint density at radius 2 is 1.74 bits per heavy atom. The summed E-state index contributed by atoms with van der Waals surface area (Å²) in [5.74, 6) is 0.249. The van der Waals surface area contributed by atoms with Crippen molar-refractivity contribution < 1.29 is 17.9 Å². The van der Waals surface area contributed by atoms with Crippen molar-refractivity contribution in [1.29, 1.82) is 0 Å². The first-order valence-electron chi connectivity index (χ1n) is 8.44. The van der Waals surface area contributed by atoms with E-state index in [2.05, 4.69) is 9.62 Å². The zero-order valence-corrected chi connectivity index (χ0v) is 15.1. The molecule has 0 bridgehead atoms. The highest BCUT2D eigenvalue weighted by molar-refractivity contribution is 7.89. The van der Waals surface area contributed by atoms with Crippen molar-refractivity contribution in [3.05, 3.63) is 0 Å². The molecule has 0 spiro atoms. The Labute approximate surface area is 139 Å². The Morgan fingerprint density at radius 1 is 1.17 bits per heavy atom. The quantitative estimate of drug-likeness (QED) is 0.759. The maximum absolute atomic E-state index is 12.4. The minimum atomic E-state index is -3.15. The number of nitrogens with zero attached hydrogens (tertiary/aromatic N) is 2. The normalized spacial score (nSPS) is 28.0. The molecule has 2 saturated heterocycles. The highest BCUT2D eigenvalue weighted by atomic mass is 32.2. The maximum atomic E-state index is 12.4. The van der Waals surface area contributed by atoms with Gasteiger partial charge >= 0.3 is 0 Å². The number of sulfonamides is 1. The van der Waals surface area contributed by atoms with Gasteiger partial charge in [-0.25, -0.2) is 13.1 Å². The van der Waals surface area contributed by atoms with E-state index in [1.54, 1.807) is 6.92 Å². The Bertz CT molecular complexity index is 493. The van der Waals surface area contributed by atoms with Gasteiger partial charge in [-0.2, -0.15) is 0 Å². The molecule has 0 radical (unpaired) electrons. The van der Waals surface area contributed by atoms with Gasteiger partial charge in [-0.1, -0.05) is 0 Å². The number of rotatable bonds is 5. The van der Waals surface area contributed by atoms with Gasteiger partial charge in [0.2, 0.25) is 15.9 Å². The lowest BCUT2D eigenvalue weighted by atomic mass is 10.1. The van der Waals surface area contributed by atoms with E-state index >= 15 is 0 Å². The highest BCUT2D eigenvalue weighted by Gasteiger charge is 2.28. The van der Waals surface area contributed by atoms with Gasteiger partial charge in [0.1, 0.15) is 0 Å². The monoisotopic (exact) mass is 347 g/mol. The fourth-order valence-corrected chi connectivity index (χ4v) is 4.13. The molecule has 1 amide bonds. The van der Waals surface area contributed by atoms with Gasteiger partial charge in [-0.3, -0.25) is 9.69 Å². The number of ether oxygens (including phenoxy) is 1. The third-order valence-corrected chi connectivity index (χ3v) is 5.90. The van der Waals surface area contributed by atoms with E-state index in [0.717, 1.165) is 25.9 Å². The first kappa shape index (κ1) is 18.6. The number of amides is 1. The molecule has 0 aromatic carbocycles. The Kier molecular flexibility index (Phi) is 6.41. The third-order valence-electron chi connectivity index (χ3n) is 4.45. The molecule has 2 unspecified atom stereocenters. The van der Waals surface area contributed by atoms with Gasteiger partial charge in [0.05, 0.1) is 24.5 Å². The SMILES string of the molecule is CCS(=O)(=O)NC1CCN(CC(=O)N2CC(C)OC(C)C2)CC1. The first-order valence-corrected chi connectivity index (χ1v) is 10.1. The lowest BCUT2D eigenvalue weighted by Gasteiger charge is -2.37. The summed E-state index contributed by atoms with van der Waals surface area (Å²) >= 11 is 0. The zero-order valence-electron chi connectivity index (χ0n) is 14.3. The second-order valence-electron chi connectivity index (χ2n) is 6.63. The van der Waals surface area contributed by atoms with Crippen molar-refractivity contribution in [2.75, 3.05) is 38.5 Å². The molecule has 0 aromatic rings. The molecular weight excluding hydrogens is 318 g/mol. The van der Waals surface area contributed by atoms with Crippen LogP contribution >= 0.6 is 0 Å². The van der Waals surface area contributed by atoms with Crippen molar-refractivity contribution >= 4 is 15.9 Å². The second kappa shape index (κ2) is 7.92. The summed E-state index contributed by atoms with van der Waals surface area (Å²) in [7, 11) is -3.15. The van der Waals surface area contributed by atoms with Crippen LogP contribution in [0.5, 0.6) is 0 Å². The van der Waals surface area contributed by atoms with Crippen molar-refractivity contribution in [1.82, 2.24) is 14.5 Å². The van der Waals surface area contributed by atoms with Gasteiger partial charge in [-0.05, 0) is 33.6 Å². The number of hydrogen-bond acceptors (Lipinski definition) is 5. The Balaban J connectivity index is 1.76. The molecule has 2 fully saturated rings. The van der Waals surface area contributed by atoms with Gasteiger partial charge in [0, 0.05) is 32.2 Å². The Hall–Kier alpha value is -0.700. The number of morpholine rings is 1. The minimum Gasteiger partial charge on any atom is -0.372 e. The molecule has 2 atom stereocenters. The average Bonchev–Trinajstić information content (AvgIpc) is 2.48. The number of nitrogens with one attached hydrogen (secondary N) is 1. The maximum Gasteiger partial charge on any atom is 0.236 e. The fraction of sp³-hybridized carbons (Fsp3) is 0.933. The molecule has 7 nitrogen and oxygen atoms in total. The van der Waals surface area contributed by atoms with Crippen molar-refractivity contribution in [2.24, 2.45) is 0 Å². The van der Waals surface area contributed by atoms with Crippen molar-refractivity contribution in [3.63, 3.8) is 0 Å². The fourth-order valence-electron chi connectivity index (χ4n) is 3.22. The van der Waals surface area contributed by atoms with Crippen LogP contribution in [0.1, 0.15) is 33.6 Å². The van der Waals surface area contributed by atoms with Gasteiger partial charge in [-0.15, -0.1) is 0 Å². The lowest BCUT2D eigenvalue weighted by Crippen LogP contribution is -2.52. The van der Waals surface area contributed by atoms with Crippen molar-refractivity contribution in [3.8, 4) is 0 Å². The van der Waals surface area contributed by atoms with E-state index in [9.17, 15) is 13.2 Å². The van der Waals surface area contributed by atoms with E-state index in [1.807, 2.05) is 18.7 Å². The van der Waals surface area contributed by atoms with Crippen LogP contribution in [0.15, 0.2) is 0 Å². The topological polar surface area (TPSA) is 79.0 Å². The van der Waals surface area contributed by atoms with Gasteiger partial charge in [0.25, 0.3) is 0 Å². The molecule has 0 aromatic heterocycles. The highest BCUT2D eigenvalue weighted by Crippen LogP contribution is 2.14. The van der Waals surface area contributed by atoms with Crippen LogP contribution in [0.25, 0.3) is 0 Å². The third kappa shape index (κ3) is 5.70. The van der Waals surface area contributed by atoms with E-state index in [-0.39, 0.29) is 29.9 Å². The Morgan fingerprint density at radius 3 is 2.26 bits per heavy atom. The summed E-state index contributed by atoms with van der Waals surface area (Å²) in [5, 5.41) is 0. The second-order valence-corrected chi connectivity index (χ2v) is 8.67. The van der Waals surface area contributed by atoms with Crippen LogP contribution in [-0.2, 0) is 19.6 Å². The summed E-state index contributed by atoms with van der Waals surface area (Å²) < 4.78 is 31.6. The average molecular weight is 347 g/mol. The molecular formula is C15H29N3O4S. The van der Waals surface area contributed by atoms with E-state index < -0.39 is 10.0 Å². The van der Waals surface area contributed by atoms with Crippen LogP contribution in [0.2, 0.25) is 0 Å². The number of likely N-dealkylation sites (tertiary alicyclic amines) is 1. The van der Waals surface area contributed by atoms with E-state index in [1.165, 1.54) is 0 Å². The summed E-state index contributed by atoms with van der Waals surface area (Å²) in [6.45, 7) is 8.82. The number of carbonyl (C=O) groups excluding carboxylic acids is 1. The number of piperidine rings is 1. The van der Waals surface area contributed by atoms with Crippen LogP contribution in [0, 0.1) is 0 Å². The summed E-state index contributed by atoms with van der Waals surface area (Å²) in [4.78, 5) is 16.4. The van der Waals surface area contributed by atoms with E-state index in [4.69, 9.17) is 4.74 Å². The molecule has 2 heterocycles. The molecule has 0 saturated carbocycles. The standard InChI is InChI=1S/C15H29N3O4S/c1-4-23(20,21)16-14-5-7-17(8-6-14)11-15(19)18-9-12(2)22-13(3)10-18/h12-14,16H,4-11H2,1-3H3. The van der Waals surface area contributed by atoms with Crippen LogP contribution in [0.4, 0.5) is 0 Å². The minimum absolute atomic E-state index is 0.00488. The molecule has 2 aliphatic rings. The first-order chi connectivity index (χ1) is 10.8. The summed E-state index contributed by atoms with van der Waals surface area (Å²) in [5.41, 5.74) is 0. The smallest absolute Gasteiger partial charge is 0.236 e. The van der Waals surface area contributed by atoms with Crippen molar-refractivity contribution in [2.45, 2.75) is 51.9 Å². The molecule has 134 valence electrons. The van der Waals surface area contributed by atoms with Crippen LogP contribution in [0.3, 0.4) is 0 Å². The molecule has 2 rings (SSSR count). The summed E-state index contributed by atoms with van der Waals surface area (Å²) in [6, 6.07) is -0.00488. The molecule has 23 heavy (non-hydrogen) atoms. The molecule has 1 N–H and O–H groups in total. The molecule has 2 aliphatic heterocycles. The lowest BCUT2D eigenvalue weighted by molar-refractivity contribution is -0.144. The largest absolute Gasteiger partial charge is 0.372 e. The van der Waals surface area contributed by atoms with Gasteiger partial charge < -0.3 is 9.64 Å². The summed E-state index contributed by atoms with van der Waals surface area (Å²) in [6.07, 6.45) is 1.67. The zero-order chi connectivity index (χ0) is 17.0. The predicted molar refractivity (Wildman–Crippen MR) is 88.6 cm³/mol. The number of hydrogen-bond donors (Lipinski definition) is 1. The van der Waals surface area contributed by atoms with E-state index in [0.29, 0.717) is 19.6 Å². The molecule has 8 heteroatoms. The van der Waals surface area contributed by atoms with Crippen LogP contribution in [-0.4, -0.2) is 80.9 Å². The van der Waals surface area contributed by atoms with Crippen LogP contribution < -0.4 is 4.72 Å².